The second-order valence-corrected chi connectivity index (χ2v) is 8.43. The van der Waals surface area contributed by atoms with Crippen molar-refractivity contribution in [1.29, 1.82) is 0 Å². The molecule has 1 aromatic rings. The molecule has 0 radical (unpaired) electrons. The number of carbonyl (C=O) groups excluding carboxylic acids is 2. The van der Waals surface area contributed by atoms with E-state index in [9.17, 15) is 28.8 Å². The van der Waals surface area contributed by atoms with Crippen molar-refractivity contribution < 1.29 is 63.4 Å². The number of benzene rings is 1. The number of hydrogen-bond donors (Lipinski definition) is 4. The molecule has 0 fully saturated rings. The smallest absolute Gasteiger partial charge is 0.374 e. The first-order valence-corrected chi connectivity index (χ1v) is 12.0. The fourth-order valence-electron chi connectivity index (χ4n) is 1.91. The van der Waals surface area contributed by atoms with E-state index in [0.717, 1.165) is 6.08 Å². The summed E-state index contributed by atoms with van der Waals surface area (Å²) >= 11 is 5.83. The standard InChI is InChI=1S/C18H25ClN2O5.2C4H4O4/c1-20(2)9-11-24-17(22)13-16(18(23)25-12-10-21(3)4)26-15-7-5-14(19)6-8-15;2*5-3(6)1-2-4(7)8/h5-8,13H,9-12H2,1-4H3;2*1-2H,(H,5,6)(H,7,8)/b16-13-;2*2-1+. The van der Waals surface area contributed by atoms with Crippen molar-refractivity contribution in [2.75, 3.05) is 54.5 Å². The topological polar surface area (TPSA) is 218 Å². The molecule has 0 saturated heterocycles. The highest BCUT2D eigenvalue weighted by molar-refractivity contribution is 6.30. The second-order valence-electron chi connectivity index (χ2n) is 7.99. The van der Waals surface area contributed by atoms with Crippen LogP contribution in [0.15, 0.2) is 60.4 Å². The fourth-order valence-corrected chi connectivity index (χ4v) is 2.04. The maximum atomic E-state index is 12.2. The summed E-state index contributed by atoms with van der Waals surface area (Å²) in [4.78, 5) is 66.1. The average Bonchev–Trinajstić information content (AvgIpc) is 2.87. The maximum absolute atomic E-state index is 12.2. The number of ether oxygens (including phenoxy) is 3. The molecule has 0 aliphatic heterocycles. The van der Waals surface area contributed by atoms with Crippen LogP contribution in [-0.2, 0) is 38.2 Å². The summed E-state index contributed by atoms with van der Waals surface area (Å²) in [6, 6.07) is 6.39. The van der Waals surface area contributed by atoms with E-state index in [0.29, 0.717) is 48.2 Å². The molecule has 1 rings (SSSR count). The molecule has 0 amide bonds. The van der Waals surface area contributed by atoms with E-state index in [1.54, 1.807) is 24.3 Å². The Morgan fingerprint density at radius 2 is 1.07 bits per heavy atom. The molecule has 0 unspecified atom stereocenters. The molecule has 15 nitrogen and oxygen atoms in total. The zero-order chi connectivity index (χ0) is 32.7. The van der Waals surface area contributed by atoms with E-state index in [1.165, 1.54) is 0 Å². The summed E-state index contributed by atoms with van der Waals surface area (Å²) < 4.78 is 15.7. The molecule has 0 heterocycles. The van der Waals surface area contributed by atoms with Gasteiger partial charge in [0, 0.05) is 42.4 Å². The number of hydrogen-bond acceptors (Lipinski definition) is 11. The minimum atomic E-state index is -1.26. The highest BCUT2D eigenvalue weighted by atomic mass is 35.5. The van der Waals surface area contributed by atoms with E-state index in [4.69, 9.17) is 46.2 Å². The normalized spacial score (nSPS) is 10.8. The van der Waals surface area contributed by atoms with Crippen LogP contribution >= 0.6 is 11.6 Å². The second kappa shape index (κ2) is 23.0. The predicted molar refractivity (Wildman–Crippen MR) is 148 cm³/mol. The molecule has 232 valence electrons. The van der Waals surface area contributed by atoms with Crippen LogP contribution in [0.5, 0.6) is 5.75 Å². The zero-order valence-electron chi connectivity index (χ0n) is 23.3. The lowest BCUT2D eigenvalue weighted by atomic mass is 10.3. The number of carbonyl (C=O) groups is 6. The van der Waals surface area contributed by atoms with Crippen molar-refractivity contribution in [3.05, 3.63) is 65.4 Å². The van der Waals surface area contributed by atoms with Gasteiger partial charge in [0.25, 0.3) is 0 Å². The number of likely N-dealkylation sites (N-methyl/N-ethyl adjacent to an activating group) is 2. The number of carboxylic acid groups (broad SMARTS) is 4. The quantitative estimate of drug-likeness (QED) is 0.131. The van der Waals surface area contributed by atoms with Gasteiger partial charge in [-0.15, -0.1) is 0 Å². The molecule has 42 heavy (non-hydrogen) atoms. The van der Waals surface area contributed by atoms with Crippen molar-refractivity contribution in [2.24, 2.45) is 0 Å². The third kappa shape index (κ3) is 26.9. The molecule has 0 spiro atoms. The van der Waals surface area contributed by atoms with Crippen molar-refractivity contribution >= 4 is 47.4 Å². The Balaban J connectivity index is 0. The summed E-state index contributed by atoms with van der Waals surface area (Å²) in [5.41, 5.74) is 0. The number of esters is 2. The third-order valence-corrected chi connectivity index (χ3v) is 4.04. The van der Waals surface area contributed by atoms with Gasteiger partial charge < -0.3 is 44.4 Å². The summed E-state index contributed by atoms with van der Waals surface area (Å²) in [7, 11) is 7.44. The van der Waals surface area contributed by atoms with Crippen molar-refractivity contribution in [3.63, 3.8) is 0 Å². The van der Waals surface area contributed by atoms with Crippen molar-refractivity contribution in [3.8, 4) is 5.75 Å². The van der Waals surface area contributed by atoms with E-state index in [-0.39, 0.29) is 19.0 Å². The molecule has 0 aromatic heterocycles. The van der Waals surface area contributed by atoms with Gasteiger partial charge in [0.2, 0.25) is 5.76 Å². The summed E-state index contributed by atoms with van der Waals surface area (Å²) in [5.74, 6) is -6.35. The number of rotatable bonds is 14. The number of halogens is 1. The molecule has 16 heteroatoms. The number of aliphatic carboxylic acids is 4. The van der Waals surface area contributed by atoms with Gasteiger partial charge in [-0.3, -0.25) is 0 Å². The maximum Gasteiger partial charge on any atom is 0.374 e. The Morgan fingerprint density at radius 3 is 1.43 bits per heavy atom. The number of nitrogens with zero attached hydrogens (tertiary/aromatic N) is 2. The number of carboxylic acids is 4. The van der Waals surface area contributed by atoms with Gasteiger partial charge in [0.15, 0.2) is 0 Å². The molecular formula is C26H33ClN2O13. The van der Waals surface area contributed by atoms with E-state index in [2.05, 4.69) is 0 Å². The van der Waals surface area contributed by atoms with Gasteiger partial charge in [-0.1, -0.05) is 11.6 Å². The van der Waals surface area contributed by atoms with Gasteiger partial charge in [0.1, 0.15) is 19.0 Å². The Bertz CT molecular complexity index is 1060. The largest absolute Gasteiger partial charge is 0.478 e. The lowest BCUT2D eigenvalue weighted by Crippen LogP contribution is -2.23. The fraction of sp³-hybridized carbons (Fsp3) is 0.308. The van der Waals surface area contributed by atoms with E-state index in [1.807, 2.05) is 38.0 Å². The van der Waals surface area contributed by atoms with Crippen molar-refractivity contribution in [1.82, 2.24) is 9.80 Å². The first-order chi connectivity index (χ1) is 19.5. The Morgan fingerprint density at radius 1 is 0.690 bits per heavy atom. The van der Waals surface area contributed by atoms with Gasteiger partial charge >= 0.3 is 35.8 Å². The summed E-state index contributed by atoms with van der Waals surface area (Å²) in [6.07, 6.45) is 3.22. The molecule has 0 atom stereocenters. The van der Waals surface area contributed by atoms with E-state index >= 15 is 0 Å². The van der Waals surface area contributed by atoms with Crippen LogP contribution in [0, 0.1) is 0 Å². The molecular weight excluding hydrogens is 584 g/mol. The molecule has 0 bridgehead atoms. The van der Waals surface area contributed by atoms with Crippen LogP contribution in [0.25, 0.3) is 0 Å². The summed E-state index contributed by atoms with van der Waals surface area (Å²) in [5, 5.41) is 31.8. The summed E-state index contributed by atoms with van der Waals surface area (Å²) in [6.45, 7) is 1.49. The highest BCUT2D eigenvalue weighted by Crippen LogP contribution is 2.18. The molecule has 0 saturated carbocycles. The SMILES string of the molecule is CN(C)CCOC(=O)/C=C(\Oc1ccc(Cl)cc1)C(=O)OCCN(C)C.O=C(O)/C=C/C(=O)O.O=C(O)/C=C/C(=O)O. The van der Waals surface area contributed by atoms with Gasteiger partial charge in [-0.25, -0.2) is 28.8 Å². The van der Waals surface area contributed by atoms with Gasteiger partial charge in [-0.05, 0) is 52.5 Å². The van der Waals surface area contributed by atoms with Crippen LogP contribution in [0.2, 0.25) is 5.02 Å². The Hall–Kier alpha value is -4.73. The Kier molecular flexibility index (Phi) is 21.6. The first kappa shape index (κ1) is 39.4. The van der Waals surface area contributed by atoms with Crippen LogP contribution in [0.4, 0.5) is 0 Å². The minimum Gasteiger partial charge on any atom is -0.478 e. The zero-order valence-corrected chi connectivity index (χ0v) is 24.0. The van der Waals surface area contributed by atoms with Crippen LogP contribution < -0.4 is 4.74 Å². The molecule has 1 aromatic carbocycles. The average molecular weight is 617 g/mol. The lowest BCUT2D eigenvalue weighted by Gasteiger charge is -2.13. The van der Waals surface area contributed by atoms with Crippen LogP contribution in [0.1, 0.15) is 0 Å². The minimum absolute atomic E-state index is 0.169. The molecule has 0 aliphatic carbocycles. The van der Waals surface area contributed by atoms with Crippen molar-refractivity contribution in [2.45, 2.75) is 0 Å². The first-order valence-electron chi connectivity index (χ1n) is 11.6. The van der Waals surface area contributed by atoms with Gasteiger partial charge in [-0.2, -0.15) is 0 Å². The van der Waals surface area contributed by atoms with E-state index < -0.39 is 35.8 Å². The predicted octanol–water partition coefficient (Wildman–Crippen LogP) is 1.24. The Labute approximate surface area is 246 Å². The van der Waals surface area contributed by atoms with Crippen LogP contribution in [0.3, 0.4) is 0 Å². The molecule has 4 N–H and O–H groups in total. The third-order valence-electron chi connectivity index (χ3n) is 3.78. The van der Waals surface area contributed by atoms with Crippen LogP contribution in [-0.4, -0.2) is 121 Å². The monoisotopic (exact) mass is 616 g/mol. The lowest BCUT2D eigenvalue weighted by molar-refractivity contribution is -0.143. The van der Waals surface area contributed by atoms with Gasteiger partial charge in [0.05, 0.1) is 6.08 Å². The molecule has 0 aliphatic rings. The highest BCUT2D eigenvalue weighted by Gasteiger charge is 2.17.